The van der Waals surface area contributed by atoms with Crippen LogP contribution in [-0.4, -0.2) is 116 Å². The number of carbonyl (C=O) groups is 3. The topological polar surface area (TPSA) is 188 Å². The largest absolute Gasteiger partial charge is 0.477 e. The summed E-state index contributed by atoms with van der Waals surface area (Å²) in [6.45, 7) is 0.828. The number of nitrogens with one attached hydrogen (secondary N) is 1. The molecular weight excluding hydrogens is 488 g/mol. The van der Waals surface area contributed by atoms with Crippen LogP contribution in [-0.2, 0) is 19.2 Å². The minimum atomic E-state index is -1.25. The number of carboxylic acid groups (broad SMARTS) is 1. The van der Waals surface area contributed by atoms with Gasteiger partial charge in [-0.1, -0.05) is 5.16 Å². The van der Waals surface area contributed by atoms with E-state index in [1.54, 1.807) is 0 Å². The summed E-state index contributed by atoms with van der Waals surface area (Å²) in [5, 5.41) is 37.2. The Balaban J connectivity index is 1.52. The molecule has 0 radical (unpaired) electrons. The fourth-order valence-corrected chi connectivity index (χ4v) is 6.40. The first kappa shape index (κ1) is 24.4. The normalized spacial score (nSPS) is 28.4. The zero-order chi connectivity index (χ0) is 24.8. The molecule has 0 spiro atoms. The maximum absolute atomic E-state index is 12.9. The third kappa shape index (κ3) is 4.36. The average molecular weight is 514 g/mol. The van der Waals surface area contributed by atoms with Crippen molar-refractivity contribution in [3.05, 3.63) is 22.3 Å². The van der Waals surface area contributed by atoms with Crippen LogP contribution in [0.2, 0.25) is 0 Å². The lowest BCUT2D eigenvalue weighted by molar-refractivity contribution is -0.895. The van der Waals surface area contributed by atoms with E-state index in [9.17, 15) is 29.7 Å². The van der Waals surface area contributed by atoms with Crippen LogP contribution in [0.25, 0.3) is 0 Å². The number of aromatic nitrogens is 1. The number of oxime groups is 1. The lowest BCUT2D eigenvalue weighted by Crippen LogP contribution is -2.71. The number of hydrogen-bond acceptors (Lipinski definition) is 11. The Kier molecular flexibility index (Phi) is 6.56. The number of aliphatic carboxylic acids is 1. The van der Waals surface area contributed by atoms with E-state index in [1.807, 2.05) is 7.05 Å². The van der Waals surface area contributed by atoms with Gasteiger partial charge in [0.1, 0.15) is 61.8 Å². The van der Waals surface area contributed by atoms with Crippen molar-refractivity contribution in [2.75, 3.05) is 45.3 Å². The number of rotatable bonds is 7. The maximum atomic E-state index is 12.9. The number of nitrogens with zero attached hydrogens (tertiary/aromatic N) is 4. The molecule has 3 aliphatic heterocycles. The molecule has 2 amide bonds. The van der Waals surface area contributed by atoms with Crippen molar-refractivity contribution < 1.29 is 39.0 Å². The van der Waals surface area contributed by atoms with Crippen molar-refractivity contribution in [3.63, 3.8) is 0 Å². The number of quaternary nitrogens is 1. The number of aliphatic hydroxyl groups is 2. The number of β-lactam (4-membered cyclic amide) rings is 1. The van der Waals surface area contributed by atoms with Gasteiger partial charge in [-0.3, -0.25) is 14.5 Å². The van der Waals surface area contributed by atoms with Crippen LogP contribution < -0.4 is 11.1 Å². The smallest absolute Gasteiger partial charge is 0.352 e. The second-order valence-corrected chi connectivity index (χ2v) is 10.6. The summed E-state index contributed by atoms with van der Waals surface area (Å²) in [5.74, 6) is -2.18. The number of nitrogen functional groups attached to an aromatic ring is 1. The third-order valence-electron chi connectivity index (χ3n) is 5.97. The number of nitrogens with two attached hydrogens (primary N) is 1. The van der Waals surface area contributed by atoms with Gasteiger partial charge in [0.2, 0.25) is 0 Å². The minimum absolute atomic E-state index is 0.118. The lowest BCUT2D eigenvalue weighted by Gasteiger charge is -2.49. The van der Waals surface area contributed by atoms with Crippen LogP contribution in [0.4, 0.5) is 5.13 Å². The number of aliphatic hydroxyl groups excluding tert-OH is 2. The summed E-state index contributed by atoms with van der Waals surface area (Å²) < 4.78 is 0.259. The van der Waals surface area contributed by atoms with Gasteiger partial charge < -0.3 is 35.7 Å². The predicted octanol–water partition coefficient (Wildman–Crippen LogP) is -2.00. The number of carbonyl (C=O) groups excluding carboxylic acids is 2. The molecule has 0 unspecified atom stereocenters. The molecule has 15 heteroatoms. The number of amides is 2. The Hall–Kier alpha value is -2.72. The number of likely N-dealkylation sites (tertiary alicyclic amines) is 1. The quantitative estimate of drug-likeness (QED) is 0.118. The Morgan fingerprint density at radius 3 is 2.62 bits per heavy atom. The summed E-state index contributed by atoms with van der Waals surface area (Å²) in [6.07, 6.45) is -1.77. The van der Waals surface area contributed by atoms with Crippen molar-refractivity contribution in [3.8, 4) is 0 Å². The molecule has 34 heavy (non-hydrogen) atoms. The van der Waals surface area contributed by atoms with Crippen molar-refractivity contribution >= 4 is 51.7 Å². The molecule has 0 bridgehead atoms. The molecule has 4 atom stereocenters. The van der Waals surface area contributed by atoms with Crippen molar-refractivity contribution in [1.82, 2.24) is 15.2 Å². The van der Waals surface area contributed by atoms with E-state index in [4.69, 9.17) is 10.6 Å². The molecule has 0 aromatic carbocycles. The SMILES string of the molecule is CO/N=C(\C(=O)N[C@@H]1C(=O)N2C(C(=O)O)=C(C[N+]3(C)C[C@@H](O)[C@H](O)C3)CS[C@H]12)c1csc(N)n1. The standard InChI is InChI=1S/C19H24N6O7S2/c1-25(4-10(26)11(27)5-25)3-8-6-33-17-13(16(29)24(17)14(8)18(30)31)22-15(28)12(23-32-2)9-7-34-19(20)21-9/h7,10-11,13,17,26-27H,3-6H2,1-2H3,(H3-,20,21,22,28,30,31)/p+1/b23-12-/t10-,11-,13-,17-/m1/s1. The van der Waals surface area contributed by atoms with E-state index in [2.05, 4.69) is 15.5 Å². The highest BCUT2D eigenvalue weighted by atomic mass is 32.2. The van der Waals surface area contributed by atoms with Gasteiger partial charge in [-0.25, -0.2) is 9.78 Å². The number of hydrogen-bond donors (Lipinski definition) is 5. The Morgan fingerprint density at radius 2 is 2.06 bits per heavy atom. The molecule has 0 saturated carbocycles. The van der Waals surface area contributed by atoms with Crippen LogP contribution in [0.15, 0.2) is 21.8 Å². The Labute approximate surface area is 202 Å². The number of fused-ring (bicyclic) bond motifs is 1. The van der Waals surface area contributed by atoms with Crippen LogP contribution in [0, 0.1) is 0 Å². The minimum Gasteiger partial charge on any atom is -0.477 e. The first-order valence-electron chi connectivity index (χ1n) is 10.3. The number of anilines is 1. The number of likely N-dealkylation sites (N-methyl/N-ethyl adjacent to an activating group) is 1. The molecule has 2 saturated heterocycles. The van der Waals surface area contributed by atoms with E-state index in [0.29, 0.717) is 11.3 Å². The fraction of sp³-hybridized carbons (Fsp3) is 0.526. The van der Waals surface area contributed by atoms with Gasteiger partial charge in [-0.05, 0) is 0 Å². The highest BCUT2D eigenvalue weighted by Gasteiger charge is 2.55. The molecule has 0 aliphatic carbocycles. The summed E-state index contributed by atoms with van der Waals surface area (Å²) in [6, 6.07) is -0.952. The molecule has 184 valence electrons. The number of thioether (sulfide) groups is 1. The Bertz CT molecular complexity index is 1080. The third-order valence-corrected chi connectivity index (χ3v) is 7.98. The lowest BCUT2D eigenvalue weighted by atomic mass is 10.0. The van der Waals surface area contributed by atoms with E-state index >= 15 is 0 Å². The fourth-order valence-electron chi connectivity index (χ4n) is 4.52. The van der Waals surface area contributed by atoms with Crippen LogP contribution in [0.1, 0.15) is 5.69 Å². The van der Waals surface area contributed by atoms with Crippen molar-refractivity contribution in [2.24, 2.45) is 5.16 Å². The van der Waals surface area contributed by atoms with Gasteiger partial charge in [0, 0.05) is 16.7 Å². The molecule has 2 fully saturated rings. The van der Waals surface area contributed by atoms with Gasteiger partial charge in [-0.2, -0.15) is 0 Å². The molecule has 4 heterocycles. The first-order chi connectivity index (χ1) is 16.0. The molecule has 1 aromatic rings. The van der Waals surface area contributed by atoms with E-state index in [1.165, 1.54) is 29.2 Å². The van der Waals surface area contributed by atoms with Crippen LogP contribution in [0.3, 0.4) is 0 Å². The zero-order valence-electron chi connectivity index (χ0n) is 18.4. The summed E-state index contributed by atoms with van der Waals surface area (Å²) >= 11 is 2.45. The molecule has 1 aromatic heterocycles. The monoisotopic (exact) mass is 513 g/mol. The number of thiazole rings is 1. The number of carboxylic acids is 1. The molecule has 4 rings (SSSR count). The molecular formula is C19H25N6O7S2+. The second kappa shape index (κ2) is 9.14. The average Bonchev–Trinajstić information content (AvgIpc) is 3.30. The Morgan fingerprint density at radius 1 is 1.38 bits per heavy atom. The van der Waals surface area contributed by atoms with Gasteiger partial charge in [0.05, 0.1) is 7.05 Å². The molecule has 13 nitrogen and oxygen atoms in total. The molecule has 6 N–H and O–H groups in total. The van der Waals surface area contributed by atoms with Gasteiger partial charge >= 0.3 is 5.97 Å². The predicted molar refractivity (Wildman–Crippen MR) is 123 cm³/mol. The van der Waals surface area contributed by atoms with Crippen LogP contribution >= 0.6 is 23.1 Å². The second-order valence-electron chi connectivity index (χ2n) is 8.59. The summed E-state index contributed by atoms with van der Waals surface area (Å²) in [5.41, 5.74) is 6.09. The van der Waals surface area contributed by atoms with Crippen molar-refractivity contribution in [2.45, 2.75) is 23.6 Å². The highest BCUT2D eigenvalue weighted by Crippen LogP contribution is 2.41. The van der Waals surface area contributed by atoms with Crippen LogP contribution in [0.5, 0.6) is 0 Å². The zero-order valence-corrected chi connectivity index (χ0v) is 20.0. The first-order valence-corrected chi connectivity index (χ1v) is 12.2. The van der Waals surface area contributed by atoms with Gasteiger partial charge in [0.15, 0.2) is 10.8 Å². The van der Waals surface area contributed by atoms with E-state index < -0.39 is 41.4 Å². The maximum Gasteiger partial charge on any atom is 0.352 e. The van der Waals surface area contributed by atoms with Gasteiger partial charge in [-0.15, -0.1) is 23.1 Å². The van der Waals surface area contributed by atoms with E-state index in [-0.39, 0.29) is 46.4 Å². The van der Waals surface area contributed by atoms with Crippen molar-refractivity contribution in [1.29, 1.82) is 0 Å². The summed E-state index contributed by atoms with van der Waals surface area (Å²) in [4.78, 5) is 47.8. The summed E-state index contributed by atoms with van der Waals surface area (Å²) in [7, 11) is 3.09. The van der Waals surface area contributed by atoms with Gasteiger partial charge in [0.25, 0.3) is 11.8 Å². The van der Waals surface area contributed by atoms with E-state index in [0.717, 1.165) is 11.3 Å². The highest BCUT2D eigenvalue weighted by molar-refractivity contribution is 8.00. The molecule has 3 aliphatic rings.